The van der Waals surface area contributed by atoms with Gasteiger partial charge in [-0.15, -0.1) is 0 Å². The summed E-state index contributed by atoms with van der Waals surface area (Å²) in [4.78, 5) is 20.1. The number of benzene rings is 2. The van der Waals surface area contributed by atoms with Crippen molar-refractivity contribution in [3.8, 4) is 5.75 Å². The van der Waals surface area contributed by atoms with E-state index in [9.17, 15) is 4.79 Å². The molecular weight excluding hydrogens is 302 g/mol. The molecular formula is C19H21N3O2. The average molecular weight is 323 g/mol. The zero-order valence-corrected chi connectivity index (χ0v) is 14.1. The van der Waals surface area contributed by atoms with Crippen molar-refractivity contribution in [1.29, 1.82) is 0 Å². The molecule has 5 nitrogen and oxygen atoms in total. The molecule has 2 aromatic carbocycles. The zero-order valence-electron chi connectivity index (χ0n) is 14.1. The van der Waals surface area contributed by atoms with Crippen LogP contribution in [0, 0.1) is 6.92 Å². The second-order valence-corrected chi connectivity index (χ2v) is 5.96. The summed E-state index contributed by atoms with van der Waals surface area (Å²) >= 11 is 0. The number of hydrogen-bond acceptors (Lipinski definition) is 3. The van der Waals surface area contributed by atoms with Gasteiger partial charge in [-0.3, -0.25) is 4.79 Å². The molecule has 1 unspecified atom stereocenters. The molecule has 0 radical (unpaired) electrons. The molecule has 0 bridgehead atoms. The molecule has 24 heavy (non-hydrogen) atoms. The fourth-order valence-electron chi connectivity index (χ4n) is 2.64. The van der Waals surface area contributed by atoms with Gasteiger partial charge in [-0.2, -0.15) is 0 Å². The Morgan fingerprint density at radius 3 is 2.71 bits per heavy atom. The second kappa shape index (κ2) is 6.74. The smallest absolute Gasteiger partial charge is 0.224 e. The zero-order chi connectivity index (χ0) is 17.1. The highest BCUT2D eigenvalue weighted by Crippen LogP contribution is 2.17. The lowest BCUT2D eigenvalue weighted by atomic mass is 10.1. The number of nitrogens with zero attached hydrogens (tertiary/aromatic N) is 1. The van der Waals surface area contributed by atoms with Crippen LogP contribution in [0.3, 0.4) is 0 Å². The van der Waals surface area contributed by atoms with Crippen molar-refractivity contribution in [2.75, 3.05) is 7.11 Å². The number of H-pyrrole nitrogens is 1. The maximum Gasteiger partial charge on any atom is 0.224 e. The number of methoxy groups -OCH3 is 1. The van der Waals surface area contributed by atoms with E-state index in [2.05, 4.69) is 21.4 Å². The van der Waals surface area contributed by atoms with Gasteiger partial charge in [-0.25, -0.2) is 4.98 Å². The Morgan fingerprint density at radius 1 is 1.25 bits per heavy atom. The third kappa shape index (κ3) is 3.56. The van der Waals surface area contributed by atoms with Crippen LogP contribution in [0.25, 0.3) is 11.0 Å². The van der Waals surface area contributed by atoms with Gasteiger partial charge in [0, 0.05) is 0 Å². The first-order chi connectivity index (χ1) is 11.5. The lowest BCUT2D eigenvalue weighted by Gasteiger charge is -2.11. The van der Waals surface area contributed by atoms with E-state index >= 15 is 0 Å². The average Bonchev–Trinajstić information content (AvgIpc) is 2.98. The molecule has 124 valence electrons. The van der Waals surface area contributed by atoms with E-state index in [1.54, 1.807) is 7.11 Å². The Kier molecular flexibility index (Phi) is 4.51. The lowest BCUT2D eigenvalue weighted by Crippen LogP contribution is -2.28. The Labute approximate surface area is 141 Å². The molecule has 5 heteroatoms. The van der Waals surface area contributed by atoms with Crippen molar-refractivity contribution in [2.45, 2.75) is 26.3 Å². The minimum atomic E-state index is -0.177. The Bertz CT molecular complexity index is 853. The summed E-state index contributed by atoms with van der Waals surface area (Å²) in [6, 6.07) is 13.4. The monoisotopic (exact) mass is 323 g/mol. The number of carbonyl (C=O) groups excluding carboxylic acids is 1. The number of fused-ring (bicyclic) bond motifs is 1. The standard InChI is InChI=1S/C19H21N3O2/c1-12-4-9-16-17(10-12)22-19(21-16)13(2)20-18(23)11-14-5-7-15(24-3)8-6-14/h4-10,13H,11H2,1-3H3,(H,20,23)(H,21,22). The minimum absolute atomic E-state index is 0.0377. The number of rotatable bonds is 5. The van der Waals surface area contributed by atoms with Gasteiger partial charge in [0.15, 0.2) is 0 Å². The van der Waals surface area contributed by atoms with E-state index in [-0.39, 0.29) is 11.9 Å². The number of aryl methyl sites for hydroxylation is 1. The van der Waals surface area contributed by atoms with E-state index in [0.717, 1.165) is 28.2 Å². The van der Waals surface area contributed by atoms with Crippen molar-refractivity contribution in [1.82, 2.24) is 15.3 Å². The normalized spacial score (nSPS) is 12.1. The van der Waals surface area contributed by atoms with Crippen LogP contribution in [0.4, 0.5) is 0 Å². The van der Waals surface area contributed by atoms with Gasteiger partial charge in [-0.05, 0) is 49.2 Å². The third-order valence-corrected chi connectivity index (χ3v) is 3.97. The quantitative estimate of drug-likeness (QED) is 0.757. The summed E-state index contributed by atoms with van der Waals surface area (Å²) in [5.41, 5.74) is 4.02. The number of aromatic amines is 1. The van der Waals surface area contributed by atoms with Crippen LogP contribution in [0.2, 0.25) is 0 Å². The lowest BCUT2D eigenvalue weighted by molar-refractivity contribution is -0.121. The first-order valence-electron chi connectivity index (χ1n) is 7.93. The van der Waals surface area contributed by atoms with Crippen LogP contribution in [-0.4, -0.2) is 23.0 Å². The molecule has 3 aromatic rings. The molecule has 0 spiro atoms. The fourth-order valence-corrected chi connectivity index (χ4v) is 2.64. The second-order valence-electron chi connectivity index (χ2n) is 5.96. The van der Waals surface area contributed by atoms with Crippen LogP contribution >= 0.6 is 0 Å². The van der Waals surface area contributed by atoms with Crippen molar-refractivity contribution in [2.24, 2.45) is 0 Å². The maximum absolute atomic E-state index is 12.2. The predicted octanol–water partition coefficient (Wildman–Crippen LogP) is 3.30. The number of nitrogens with one attached hydrogen (secondary N) is 2. The summed E-state index contributed by atoms with van der Waals surface area (Å²) in [6.07, 6.45) is 0.327. The first kappa shape index (κ1) is 16.1. The van der Waals surface area contributed by atoms with Crippen LogP contribution in [0.1, 0.15) is 29.9 Å². The van der Waals surface area contributed by atoms with Gasteiger partial charge in [0.25, 0.3) is 0 Å². The SMILES string of the molecule is COc1ccc(CC(=O)NC(C)c2nc3ccc(C)cc3[nH]2)cc1. The molecule has 1 aromatic heterocycles. The van der Waals surface area contributed by atoms with Gasteiger partial charge in [-0.1, -0.05) is 18.2 Å². The number of aromatic nitrogens is 2. The minimum Gasteiger partial charge on any atom is -0.497 e. The highest BCUT2D eigenvalue weighted by Gasteiger charge is 2.14. The maximum atomic E-state index is 12.2. The van der Waals surface area contributed by atoms with E-state index in [4.69, 9.17) is 4.74 Å². The van der Waals surface area contributed by atoms with E-state index in [1.807, 2.05) is 50.2 Å². The van der Waals surface area contributed by atoms with Gasteiger partial charge in [0.05, 0.1) is 30.6 Å². The van der Waals surface area contributed by atoms with Crippen molar-refractivity contribution in [3.63, 3.8) is 0 Å². The summed E-state index contributed by atoms with van der Waals surface area (Å²) in [7, 11) is 1.62. The van der Waals surface area contributed by atoms with Crippen LogP contribution in [0.5, 0.6) is 5.75 Å². The molecule has 1 atom stereocenters. The van der Waals surface area contributed by atoms with Crippen LogP contribution < -0.4 is 10.1 Å². The van der Waals surface area contributed by atoms with E-state index < -0.39 is 0 Å². The Balaban J connectivity index is 1.65. The molecule has 0 fully saturated rings. The molecule has 1 amide bonds. The number of amides is 1. The molecule has 1 heterocycles. The fraction of sp³-hybridized carbons (Fsp3) is 0.263. The highest BCUT2D eigenvalue weighted by molar-refractivity contribution is 5.79. The summed E-state index contributed by atoms with van der Waals surface area (Å²) in [6.45, 7) is 3.97. The predicted molar refractivity (Wildman–Crippen MR) is 94.1 cm³/mol. The number of hydrogen-bond donors (Lipinski definition) is 2. The molecule has 0 aliphatic rings. The molecule has 3 rings (SSSR count). The van der Waals surface area contributed by atoms with Crippen LogP contribution in [0.15, 0.2) is 42.5 Å². The van der Waals surface area contributed by atoms with Crippen molar-refractivity contribution < 1.29 is 9.53 Å². The molecule has 0 aliphatic carbocycles. The van der Waals surface area contributed by atoms with Gasteiger partial charge >= 0.3 is 0 Å². The molecule has 0 saturated heterocycles. The number of carbonyl (C=O) groups is 1. The molecule has 0 aliphatic heterocycles. The van der Waals surface area contributed by atoms with Gasteiger partial charge < -0.3 is 15.0 Å². The van der Waals surface area contributed by atoms with E-state index in [1.165, 1.54) is 5.56 Å². The highest BCUT2D eigenvalue weighted by atomic mass is 16.5. The largest absolute Gasteiger partial charge is 0.497 e. The summed E-state index contributed by atoms with van der Waals surface area (Å²) in [5.74, 6) is 1.51. The van der Waals surface area contributed by atoms with Crippen LogP contribution in [-0.2, 0) is 11.2 Å². The Morgan fingerprint density at radius 2 is 2.00 bits per heavy atom. The molecule has 0 saturated carbocycles. The topological polar surface area (TPSA) is 67.0 Å². The Hall–Kier alpha value is -2.82. The summed E-state index contributed by atoms with van der Waals surface area (Å²) in [5, 5.41) is 2.98. The van der Waals surface area contributed by atoms with E-state index in [0.29, 0.717) is 6.42 Å². The molecule has 2 N–H and O–H groups in total. The van der Waals surface area contributed by atoms with Crippen molar-refractivity contribution in [3.05, 3.63) is 59.4 Å². The summed E-state index contributed by atoms with van der Waals surface area (Å²) < 4.78 is 5.12. The van der Waals surface area contributed by atoms with Gasteiger partial charge in [0.2, 0.25) is 5.91 Å². The van der Waals surface area contributed by atoms with Gasteiger partial charge in [0.1, 0.15) is 11.6 Å². The third-order valence-electron chi connectivity index (χ3n) is 3.97. The van der Waals surface area contributed by atoms with Crippen molar-refractivity contribution >= 4 is 16.9 Å². The number of imidazole rings is 1. The number of ether oxygens (including phenoxy) is 1. The first-order valence-corrected chi connectivity index (χ1v) is 7.93.